The number of methoxy groups -OCH3 is 1. The number of allylic oxidation sites excluding steroid dienone is 3. The molecule has 0 saturated carbocycles. The van der Waals surface area contributed by atoms with E-state index in [1.165, 1.54) is 70.0 Å². The second-order valence-corrected chi connectivity index (χ2v) is 12.7. The number of nitrogens with zero attached hydrogens (tertiary/aromatic N) is 4. The lowest BCUT2D eigenvalue weighted by Gasteiger charge is -2.25. The molecule has 4 heterocycles. The average Bonchev–Trinajstić information content (AvgIpc) is 3.66. The predicted octanol–water partition coefficient (Wildman–Crippen LogP) is 5.52. The van der Waals surface area contributed by atoms with Crippen LogP contribution in [0.5, 0.6) is 0 Å². The lowest BCUT2D eigenvalue weighted by Crippen LogP contribution is -2.32. The second-order valence-electron chi connectivity index (χ2n) is 10.5. The van der Waals surface area contributed by atoms with Gasteiger partial charge in [-0.3, -0.25) is 10.00 Å². The Hall–Kier alpha value is -2.88. The first-order valence-corrected chi connectivity index (χ1v) is 16.7. The van der Waals surface area contributed by atoms with Gasteiger partial charge in [0, 0.05) is 49.1 Å². The van der Waals surface area contributed by atoms with Gasteiger partial charge in [0.25, 0.3) is 0 Å². The zero-order valence-corrected chi connectivity index (χ0v) is 28.3. The number of hydrogen-bond donors (Lipinski definition) is 2. The highest BCUT2D eigenvalue weighted by Gasteiger charge is 2.19. The number of H-pyrrole nitrogens is 1. The molecule has 4 aromatic rings. The zero-order chi connectivity index (χ0) is 31.0. The molecule has 0 radical (unpaired) electrons. The summed E-state index contributed by atoms with van der Waals surface area (Å²) in [4.78, 5) is 9.03. The first-order valence-electron chi connectivity index (χ1n) is 15.0. The molecule has 0 amide bonds. The Balaban J connectivity index is 0.000000175. The Morgan fingerprint density at radius 3 is 2.77 bits per heavy atom. The van der Waals surface area contributed by atoms with Crippen molar-refractivity contribution in [2.45, 2.75) is 59.5 Å². The fraction of sp³-hybridized carbons (Fsp3) is 0.441. The van der Waals surface area contributed by atoms with Crippen LogP contribution in [0.1, 0.15) is 53.7 Å². The summed E-state index contributed by atoms with van der Waals surface area (Å²) in [6.45, 7) is 11.3. The van der Waals surface area contributed by atoms with E-state index in [-0.39, 0.29) is 0 Å². The highest BCUT2D eigenvalue weighted by molar-refractivity contribution is 7.17. The van der Waals surface area contributed by atoms with E-state index in [2.05, 4.69) is 93.1 Å². The Bertz CT molecular complexity index is 1580. The molecule has 2 aliphatic rings. The number of nitrogens with two attached hydrogens (primary N) is 1. The van der Waals surface area contributed by atoms with E-state index in [9.17, 15) is 0 Å². The smallest absolute Gasteiger partial charge is 0.123 e. The van der Waals surface area contributed by atoms with Crippen LogP contribution in [0.25, 0.3) is 21.9 Å². The quantitative estimate of drug-likeness (QED) is 0.253. The molecule has 0 bridgehead atoms. The molecule has 43 heavy (non-hydrogen) atoms. The van der Waals surface area contributed by atoms with Crippen molar-refractivity contribution in [1.29, 1.82) is 0 Å². The molecule has 1 aliphatic carbocycles. The summed E-state index contributed by atoms with van der Waals surface area (Å²) in [7, 11) is 5.46. The van der Waals surface area contributed by atoms with Crippen molar-refractivity contribution in [1.82, 2.24) is 25.0 Å². The number of nitrogens with one attached hydrogen (secondary N) is 1. The van der Waals surface area contributed by atoms with E-state index >= 15 is 0 Å². The third kappa shape index (κ3) is 10.7. The van der Waals surface area contributed by atoms with Gasteiger partial charge >= 0.3 is 0 Å². The number of benzene rings is 1. The van der Waals surface area contributed by atoms with Crippen molar-refractivity contribution < 1.29 is 4.74 Å². The second kappa shape index (κ2) is 18.7. The van der Waals surface area contributed by atoms with Gasteiger partial charge in [-0.2, -0.15) is 5.10 Å². The molecule has 1 aromatic carbocycles. The van der Waals surface area contributed by atoms with Gasteiger partial charge in [0.15, 0.2) is 0 Å². The first-order chi connectivity index (χ1) is 21.0. The van der Waals surface area contributed by atoms with Crippen LogP contribution in [0.2, 0.25) is 0 Å². The van der Waals surface area contributed by atoms with E-state index in [1.807, 2.05) is 36.5 Å². The van der Waals surface area contributed by atoms with Crippen LogP contribution in [0.15, 0.2) is 47.9 Å². The molecule has 3 N–H and O–H groups in total. The highest BCUT2D eigenvalue weighted by Crippen LogP contribution is 2.26. The minimum Gasteiger partial charge on any atom is -0.369 e. The molecule has 9 heteroatoms. The molecule has 0 fully saturated rings. The molecule has 3 aromatic heterocycles. The maximum Gasteiger partial charge on any atom is 0.123 e. The SMILES string of the molecule is CCCCCN(C)Cc1csc2ccccc12.CN.COCN1CCc2n[nH]c(C)c2C1.Cc1nc2c(s1)=CC=CC=C=2. The molecule has 0 unspecified atom stereocenters. The van der Waals surface area contributed by atoms with E-state index in [0.717, 1.165) is 36.4 Å². The van der Waals surface area contributed by atoms with Crippen molar-refractivity contribution in [2.24, 2.45) is 5.73 Å². The minimum atomic E-state index is 0.712. The normalized spacial score (nSPS) is 13.3. The van der Waals surface area contributed by atoms with Crippen LogP contribution in [-0.2, 0) is 24.2 Å². The number of aromatic nitrogens is 3. The number of ether oxygens (including phenoxy) is 1. The van der Waals surface area contributed by atoms with Crippen molar-refractivity contribution in [3.63, 3.8) is 0 Å². The topological polar surface area (TPSA) is 83.3 Å². The first kappa shape index (κ1) is 34.6. The fourth-order valence-electron chi connectivity index (χ4n) is 4.92. The van der Waals surface area contributed by atoms with E-state index in [0.29, 0.717) is 6.73 Å². The van der Waals surface area contributed by atoms with Crippen LogP contribution in [0, 0.1) is 13.8 Å². The molecule has 0 saturated heterocycles. The van der Waals surface area contributed by atoms with Crippen LogP contribution in [0.3, 0.4) is 0 Å². The van der Waals surface area contributed by atoms with Crippen LogP contribution in [0.4, 0.5) is 0 Å². The Labute approximate surface area is 265 Å². The van der Waals surface area contributed by atoms with Crippen LogP contribution >= 0.6 is 22.7 Å². The summed E-state index contributed by atoms with van der Waals surface area (Å²) in [6, 6.07) is 8.70. The lowest BCUT2D eigenvalue weighted by atomic mass is 10.1. The Kier molecular flexibility index (Phi) is 15.1. The van der Waals surface area contributed by atoms with E-state index < -0.39 is 0 Å². The van der Waals surface area contributed by atoms with E-state index in [4.69, 9.17) is 4.74 Å². The molecular weight excluding hydrogens is 573 g/mol. The van der Waals surface area contributed by atoms with Crippen LogP contribution < -0.4 is 15.6 Å². The van der Waals surface area contributed by atoms with Gasteiger partial charge in [0.2, 0.25) is 0 Å². The largest absolute Gasteiger partial charge is 0.369 e. The summed E-state index contributed by atoms with van der Waals surface area (Å²) in [6.07, 6.45) is 12.9. The number of thiophene rings is 1. The third-order valence-electron chi connectivity index (χ3n) is 7.10. The molecule has 1 aliphatic heterocycles. The van der Waals surface area contributed by atoms with Crippen molar-refractivity contribution >= 4 is 44.6 Å². The predicted molar refractivity (Wildman–Crippen MR) is 185 cm³/mol. The summed E-state index contributed by atoms with van der Waals surface area (Å²) in [5, 5.41) is 13.1. The van der Waals surface area contributed by atoms with Gasteiger partial charge in [0.05, 0.1) is 22.0 Å². The molecule has 7 nitrogen and oxygen atoms in total. The summed E-state index contributed by atoms with van der Waals surface area (Å²) >= 11 is 3.56. The summed E-state index contributed by atoms with van der Waals surface area (Å²) in [5.74, 6) is 0. The van der Waals surface area contributed by atoms with Gasteiger partial charge in [0.1, 0.15) is 5.35 Å². The number of aromatic amines is 1. The number of fused-ring (bicyclic) bond motifs is 3. The fourth-order valence-corrected chi connectivity index (χ4v) is 6.68. The monoisotopic (exact) mass is 620 g/mol. The molecule has 232 valence electrons. The van der Waals surface area contributed by atoms with Gasteiger partial charge in [-0.25, -0.2) is 4.98 Å². The average molecular weight is 621 g/mol. The lowest BCUT2D eigenvalue weighted by molar-refractivity contribution is 0.0541. The third-order valence-corrected chi connectivity index (χ3v) is 9.05. The highest BCUT2D eigenvalue weighted by atomic mass is 32.1. The Morgan fingerprint density at radius 1 is 1.16 bits per heavy atom. The van der Waals surface area contributed by atoms with Crippen molar-refractivity contribution in [3.8, 4) is 0 Å². The van der Waals surface area contributed by atoms with E-state index in [1.54, 1.807) is 18.4 Å². The summed E-state index contributed by atoms with van der Waals surface area (Å²) in [5.41, 5.74) is 12.8. The number of unbranched alkanes of at least 4 members (excludes halogenated alkanes) is 2. The molecule has 6 rings (SSSR count). The van der Waals surface area contributed by atoms with Gasteiger partial charge in [-0.15, -0.1) is 22.7 Å². The molecular formula is C34H48N6OS2. The maximum absolute atomic E-state index is 5.11. The van der Waals surface area contributed by atoms with Gasteiger partial charge in [-0.05, 0) is 75.5 Å². The zero-order valence-electron chi connectivity index (χ0n) is 26.7. The standard InChI is InChI=1S/C15H21NS.C9H15N3O.C9H7NS.CH5N/c1-3-4-7-10-16(2)11-13-12-17-15-9-6-5-8-14(13)15;1-7-8-5-12(6-13-2)4-3-9(8)11-10-7;1-7-10-8-5-3-2-4-6-9(8)11-7;1-2/h5-6,8-9,12H,3-4,7,10-11H2,1-2H3;3-6H2,1-2H3,(H,10,11);2-4,6H,1H3;2H2,1H3. The van der Waals surface area contributed by atoms with Gasteiger partial charge < -0.3 is 15.4 Å². The van der Waals surface area contributed by atoms with Crippen molar-refractivity contribution in [3.05, 3.63) is 85.3 Å². The van der Waals surface area contributed by atoms with Crippen molar-refractivity contribution in [2.75, 3.05) is 41.0 Å². The number of aryl methyl sites for hydroxylation is 2. The minimum absolute atomic E-state index is 0.712. The number of hydrogen-bond acceptors (Lipinski definition) is 8. The number of rotatable bonds is 8. The maximum atomic E-state index is 5.11. The summed E-state index contributed by atoms with van der Waals surface area (Å²) < 4.78 is 7.72. The van der Waals surface area contributed by atoms with Gasteiger partial charge in [-0.1, -0.05) is 55.8 Å². The molecule has 0 spiro atoms. The number of thiazole rings is 1. The molecule has 0 atom stereocenters. The van der Waals surface area contributed by atoms with Crippen LogP contribution in [-0.4, -0.2) is 66.0 Å². The Morgan fingerprint density at radius 2 is 1.98 bits per heavy atom.